The second-order valence-electron chi connectivity index (χ2n) is 5.15. The Hall–Kier alpha value is -3.13. The molecular formula is C18H15ClFNO6. The molecule has 0 spiro atoms. The minimum Gasteiger partial charge on any atom is -0.493 e. The molecule has 0 aliphatic carbocycles. The molecular weight excluding hydrogens is 381 g/mol. The zero-order valence-electron chi connectivity index (χ0n) is 14.2. The van der Waals surface area contributed by atoms with Gasteiger partial charge in [0, 0.05) is 10.6 Å². The lowest BCUT2D eigenvalue weighted by Crippen LogP contribution is -2.24. The molecule has 27 heavy (non-hydrogen) atoms. The highest BCUT2D eigenvalue weighted by atomic mass is 35.5. The number of amides is 1. The Balaban J connectivity index is 1.82. The average molecular weight is 396 g/mol. The molecule has 9 heteroatoms. The molecule has 0 saturated carbocycles. The van der Waals surface area contributed by atoms with Crippen molar-refractivity contribution >= 4 is 35.5 Å². The molecule has 1 amide bonds. The van der Waals surface area contributed by atoms with Crippen LogP contribution in [-0.4, -0.2) is 38.5 Å². The van der Waals surface area contributed by atoms with Crippen molar-refractivity contribution in [2.75, 3.05) is 25.6 Å². The van der Waals surface area contributed by atoms with Gasteiger partial charge in [-0.25, -0.2) is 9.18 Å². The van der Waals surface area contributed by atoms with Crippen LogP contribution in [-0.2, 0) is 14.3 Å². The van der Waals surface area contributed by atoms with E-state index in [2.05, 4.69) is 5.32 Å². The third-order valence-corrected chi connectivity index (χ3v) is 3.47. The Morgan fingerprint density at radius 1 is 1.15 bits per heavy atom. The smallest absolute Gasteiger partial charge is 0.344 e. The van der Waals surface area contributed by atoms with Crippen molar-refractivity contribution in [3.8, 4) is 11.5 Å². The van der Waals surface area contributed by atoms with Crippen molar-refractivity contribution in [2.24, 2.45) is 0 Å². The predicted octanol–water partition coefficient (Wildman–Crippen LogP) is 2.86. The third kappa shape index (κ3) is 5.96. The number of carbonyl (C=O) groups excluding carboxylic acids is 3. The maximum Gasteiger partial charge on any atom is 0.344 e. The van der Waals surface area contributed by atoms with E-state index in [1.165, 1.54) is 37.4 Å². The molecule has 142 valence electrons. The van der Waals surface area contributed by atoms with E-state index in [1.54, 1.807) is 0 Å². The molecule has 2 aromatic carbocycles. The Morgan fingerprint density at radius 3 is 2.59 bits per heavy atom. The van der Waals surface area contributed by atoms with Crippen LogP contribution in [0.3, 0.4) is 0 Å². The standard InChI is InChI=1S/C18H15ClFNO6/c1-25-16-6-11(8-22)2-5-15(16)26-10-18(24)27-9-17(23)21-14-4-3-12(19)7-13(14)20/h2-8H,9-10H2,1H3,(H,21,23). The van der Waals surface area contributed by atoms with Crippen molar-refractivity contribution in [1.29, 1.82) is 0 Å². The summed E-state index contributed by atoms with van der Waals surface area (Å²) in [5.41, 5.74) is 0.296. The van der Waals surface area contributed by atoms with Crippen molar-refractivity contribution in [3.05, 3.63) is 52.8 Å². The zero-order chi connectivity index (χ0) is 19.8. The highest BCUT2D eigenvalue weighted by Gasteiger charge is 2.13. The SMILES string of the molecule is COc1cc(C=O)ccc1OCC(=O)OCC(=O)Nc1ccc(Cl)cc1F. The Labute approximate surface area is 159 Å². The highest BCUT2D eigenvalue weighted by Crippen LogP contribution is 2.27. The number of rotatable bonds is 8. The number of carbonyl (C=O) groups is 3. The molecule has 0 aliphatic heterocycles. The first kappa shape index (κ1) is 20.2. The molecule has 0 fully saturated rings. The molecule has 0 heterocycles. The number of esters is 1. The van der Waals surface area contributed by atoms with Gasteiger partial charge < -0.3 is 19.5 Å². The van der Waals surface area contributed by atoms with Gasteiger partial charge in [-0.05, 0) is 36.4 Å². The summed E-state index contributed by atoms with van der Waals surface area (Å²) in [7, 11) is 1.38. The summed E-state index contributed by atoms with van der Waals surface area (Å²) in [6.07, 6.45) is 0.642. The number of benzene rings is 2. The normalized spacial score (nSPS) is 10.0. The van der Waals surface area contributed by atoms with Crippen LogP contribution in [0.1, 0.15) is 10.4 Å². The van der Waals surface area contributed by atoms with Gasteiger partial charge >= 0.3 is 5.97 Å². The molecule has 0 atom stereocenters. The number of methoxy groups -OCH3 is 1. The lowest BCUT2D eigenvalue weighted by Gasteiger charge is -2.11. The van der Waals surface area contributed by atoms with Crippen molar-refractivity contribution in [3.63, 3.8) is 0 Å². The van der Waals surface area contributed by atoms with Crippen LogP contribution in [0.4, 0.5) is 10.1 Å². The Morgan fingerprint density at radius 2 is 1.93 bits per heavy atom. The summed E-state index contributed by atoms with van der Waals surface area (Å²) in [4.78, 5) is 34.1. The summed E-state index contributed by atoms with van der Waals surface area (Å²) in [6.45, 7) is -1.11. The van der Waals surface area contributed by atoms with Gasteiger partial charge in [-0.15, -0.1) is 0 Å². The van der Waals surface area contributed by atoms with Crippen LogP contribution in [0.5, 0.6) is 11.5 Å². The maximum atomic E-state index is 13.6. The summed E-state index contributed by atoms with van der Waals surface area (Å²) in [5, 5.41) is 2.44. The van der Waals surface area contributed by atoms with Gasteiger partial charge in [0.15, 0.2) is 24.7 Å². The van der Waals surface area contributed by atoms with Crippen LogP contribution >= 0.6 is 11.6 Å². The van der Waals surface area contributed by atoms with Gasteiger partial charge in [0.25, 0.3) is 5.91 Å². The first-order valence-electron chi connectivity index (χ1n) is 7.59. The van der Waals surface area contributed by atoms with Crippen molar-refractivity contribution < 1.29 is 33.0 Å². The van der Waals surface area contributed by atoms with Gasteiger partial charge in [0.1, 0.15) is 12.1 Å². The zero-order valence-corrected chi connectivity index (χ0v) is 14.9. The van der Waals surface area contributed by atoms with Crippen molar-refractivity contribution in [1.82, 2.24) is 0 Å². The number of nitrogens with one attached hydrogen (secondary N) is 1. The van der Waals surface area contributed by atoms with Gasteiger partial charge in [0.05, 0.1) is 12.8 Å². The molecule has 2 aromatic rings. The van der Waals surface area contributed by atoms with E-state index in [1.807, 2.05) is 0 Å². The second-order valence-corrected chi connectivity index (χ2v) is 5.59. The molecule has 0 saturated heterocycles. The molecule has 0 aliphatic rings. The summed E-state index contributed by atoms with van der Waals surface area (Å²) in [5.74, 6) is -1.76. The number of hydrogen-bond acceptors (Lipinski definition) is 6. The van der Waals surface area contributed by atoms with E-state index in [0.717, 1.165) is 6.07 Å². The molecule has 0 unspecified atom stereocenters. The fourth-order valence-corrected chi connectivity index (χ4v) is 2.14. The third-order valence-electron chi connectivity index (χ3n) is 3.24. The predicted molar refractivity (Wildman–Crippen MR) is 94.9 cm³/mol. The summed E-state index contributed by atoms with van der Waals surface area (Å²) >= 11 is 5.62. The van der Waals surface area contributed by atoms with E-state index in [9.17, 15) is 18.8 Å². The van der Waals surface area contributed by atoms with Gasteiger partial charge in [-0.3, -0.25) is 9.59 Å². The fourth-order valence-electron chi connectivity index (χ4n) is 1.98. The Kier molecular flexibility index (Phi) is 7.13. The van der Waals surface area contributed by atoms with E-state index >= 15 is 0 Å². The molecule has 0 aromatic heterocycles. The molecule has 2 rings (SSSR count). The van der Waals surface area contributed by atoms with Gasteiger partial charge in [-0.1, -0.05) is 11.6 Å². The molecule has 0 bridgehead atoms. The number of aldehydes is 1. The lowest BCUT2D eigenvalue weighted by atomic mass is 10.2. The van der Waals surface area contributed by atoms with Crippen LogP contribution < -0.4 is 14.8 Å². The summed E-state index contributed by atoms with van der Waals surface area (Å²) in [6, 6.07) is 8.14. The minimum absolute atomic E-state index is 0.0864. The Bertz CT molecular complexity index is 858. The molecule has 7 nitrogen and oxygen atoms in total. The van der Waals surface area contributed by atoms with Gasteiger partial charge in [-0.2, -0.15) is 0 Å². The van der Waals surface area contributed by atoms with Crippen LogP contribution in [0, 0.1) is 5.82 Å². The number of anilines is 1. The van der Waals surface area contributed by atoms with Crippen LogP contribution in [0.15, 0.2) is 36.4 Å². The van der Waals surface area contributed by atoms with Crippen LogP contribution in [0.25, 0.3) is 0 Å². The number of ether oxygens (including phenoxy) is 3. The topological polar surface area (TPSA) is 90.9 Å². The maximum absolute atomic E-state index is 13.6. The molecule has 0 radical (unpaired) electrons. The minimum atomic E-state index is -0.816. The first-order chi connectivity index (χ1) is 12.9. The molecule has 1 N–H and O–H groups in total. The van der Waals surface area contributed by atoms with E-state index < -0.39 is 30.9 Å². The van der Waals surface area contributed by atoms with E-state index in [4.69, 9.17) is 25.8 Å². The first-order valence-corrected chi connectivity index (χ1v) is 7.97. The quantitative estimate of drug-likeness (QED) is 0.546. The largest absolute Gasteiger partial charge is 0.493 e. The summed E-state index contributed by atoms with van der Waals surface area (Å²) < 4.78 is 28.7. The van der Waals surface area contributed by atoms with Crippen molar-refractivity contribution in [2.45, 2.75) is 0 Å². The lowest BCUT2D eigenvalue weighted by molar-refractivity contribution is -0.149. The fraction of sp³-hybridized carbons (Fsp3) is 0.167. The van der Waals surface area contributed by atoms with E-state index in [-0.39, 0.29) is 22.2 Å². The van der Waals surface area contributed by atoms with Gasteiger partial charge in [0.2, 0.25) is 0 Å². The second kappa shape index (κ2) is 9.54. The van der Waals surface area contributed by atoms with E-state index in [0.29, 0.717) is 11.8 Å². The average Bonchev–Trinajstić information content (AvgIpc) is 2.66. The number of hydrogen-bond donors (Lipinski definition) is 1. The highest BCUT2D eigenvalue weighted by molar-refractivity contribution is 6.30. The van der Waals surface area contributed by atoms with Crippen LogP contribution in [0.2, 0.25) is 5.02 Å². The monoisotopic (exact) mass is 395 g/mol. The number of halogens is 2.